The van der Waals surface area contributed by atoms with E-state index in [1.807, 2.05) is 6.92 Å². The predicted molar refractivity (Wildman–Crippen MR) is 74.9 cm³/mol. The van der Waals surface area contributed by atoms with Gasteiger partial charge in [0.15, 0.2) is 11.6 Å². The van der Waals surface area contributed by atoms with Gasteiger partial charge in [0.05, 0.1) is 6.20 Å². The van der Waals surface area contributed by atoms with Gasteiger partial charge in [0.25, 0.3) is 0 Å². The van der Waals surface area contributed by atoms with E-state index in [9.17, 15) is 4.39 Å². The number of hydrogen-bond acceptors (Lipinski definition) is 5. The summed E-state index contributed by atoms with van der Waals surface area (Å²) in [5, 5.41) is 6.20. The lowest BCUT2D eigenvalue weighted by molar-refractivity contribution is 0.190. The van der Waals surface area contributed by atoms with E-state index in [2.05, 4.69) is 39.5 Å². The number of likely N-dealkylation sites (tertiary alicyclic amines) is 1. The van der Waals surface area contributed by atoms with Crippen molar-refractivity contribution in [2.24, 2.45) is 0 Å². The Morgan fingerprint density at radius 1 is 1.53 bits per heavy atom. The van der Waals surface area contributed by atoms with Crippen LogP contribution in [0.3, 0.4) is 0 Å². The SMILES string of the molecule is CCNc1ncc(F)c(NC2CCN(C)C(C)C2)n1. The summed E-state index contributed by atoms with van der Waals surface area (Å²) in [7, 11) is 2.12. The van der Waals surface area contributed by atoms with Gasteiger partial charge in [-0.25, -0.2) is 9.37 Å². The van der Waals surface area contributed by atoms with E-state index in [1.54, 1.807) is 0 Å². The molecule has 5 nitrogen and oxygen atoms in total. The van der Waals surface area contributed by atoms with Crippen LogP contribution in [-0.4, -0.2) is 47.1 Å². The molecule has 1 aliphatic rings. The molecule has 1 aromatic rings. The van der Waals surface area contributed by atoms with E-state index in [-0.39, 0.29) is 6.04 Å². The Morgan fingerprint density at radius 2 is 2.32 bits per heavy atom. The molecule has 0 aromatic carbocycles. The second kappa shape index (κ2) is 6.14. The molecule has 2 atom stereocenters. The van der Waals surface area contributed by atoms with Crippen LogP contribution in [0.4, 0.5) is 16.2 Å². The van der Waals surface area contributed by atoms with Crippen LogP contribution in [0.25, 0.3) is 0 Å². The van der Waals surface area contributed by atoms with Crippen molar-refractivity contribution < 1.29 is 4.39 Å². The van der Waals surface area contributed by atoms with Crippen LogP contribution < -0.4 is 10.6 Å². The molecule has 0 radical (unpaired) electrons. The van der Waals surface area contributed by atoms with E-state index >= 15 is 0 Å². The summed E-state index contributed by atoms with van der Waals surface area (Å²) < 4.78 is 13.7. The molecule has 1 saturated heterocycles. The lowest BCUT2D eigenvalue weighted by Crippen LogP contribution is -2.42. The molecule has 0 amide bonds. The number of aromatic nitrogens is 2. The molecule has 2 heterocycles. The van der Waals surface area contributed by atoms with E-state index < -0.39 is 5.82 Å². The molecular weight excluding hydrogens is 245 g/mol. The molecule has 2 rings (SSSR count). The molecule has 0 saturated carbocycles. The van der Waals surface area contributed by atoms with Gasteiger partial charge in [-0.15, -0.1) is 0 Å². The average Bonchev–Trinajstić information content (AvgIpc) is 2.38. The second-order valence-corrected chi connectivity index (χ2v) is 5.12. The summed E-state index contributed by atoms with van der Waals surface area (Å²) in [6.07, 6.45) is 3.21. The smallest absolute Gasteiger partial charge is 0.224 e. The molecule has 6 heteroatoms. The van der Waals surface area contributed by atoms with Crippen LogP contribution in [0, 0.1) is 5.82 Å². The summed E-state index contributed by atoms with van der Waals surface area (Å²) in [5.41, 5.74) is 0. The highest BCUT2D eigenvalue weighted by atomic mass is 19.1. The fourth-order valence-electron chi connectivity index (χ4n) is 2.33. The first-order valence-electron chi connectivity index (χ1n) is 6.83. The zero-order valence-electron chi connectivity index (χ0n) is 11.8. The van der Waals surface area contributed by atoms with Gasteiger partial charge in [0, 0.05) is 25.2 Å². The van der Waals surface area contributed by atoms with Crippen molar-refractivity contribution in [3.8, 4) is 0 Å². The minimum Gasteiger partial charge on any atom is -0.365 e. The normalized spacial score (nSPS) is 24.2. The number of nitrogens with zero attached hydrogens (tertiary/aromatic N) is 3. The van der Waals surface area contributed by atoms with Crippen molar-refractivity contribution in [3.05, 3.63) is 12.0 Å². The zero-order valence-corrected chi connectivity index (χ0v) is 11.8. The highest BCUT2D eigenvalue weighted by molar-refractivity contribution is 5.41. The quantitative estimate of drug-likeness (QED) is 0.873. The molecule has 1 fully saturated rings. The van der Waals surface area contributed by atoms with Crippen molar-refractivity contribution in [1.82, 2.24) is 14.9 Å². The molecule has 0 spiro atoms. The van der Waals surface area contributed by atoms with Crippen LogP contribution in [0.15, 0.2) is 6.20 Å². The first-order chi connectivity index (χ1) is 9.10. The average molecular weight is 267 g/mol. The molecule has 0 aliphatic carbocycles. The third-order valence-corrected chi connectivity index (χ3v) is 3.63. The van der Waals surface area contributed by atoms with Gasteiger partial charge in [0.1, 0.15) is 0 Å². The number of rotatable bonds is 4. The van der Waals surface area contributed by atoms with Gasteiger partial charge in [-0.1, -0.05) is 0 Å². The Labute approximate surface area is 113 Å². The van der Waals surface area contributed by atoms with E-state index in [0.29, 0.717) is 17.8 Å². The number of anilines is 2. The van der Waals surface area contributed by atoms with Crippen molar-refractivity contribution in [3.63, 3.8) is 0 Å². The first-order valence-corrected chi connectivity index (χ1v) is 6.83. The minimum atomic E-state index is -0.395. The van der Waals surface area contributed by atoms with Crippen LogP contribution >= 0.6 is 0 Å². The van der Waals surface area contributed by atoms with Crippen LogP contribution in [0.1, 0.15) is 26.7 Å². The van der Waals surface area contributed by atoms with E-state index in [0.717, 1.165) is 25.9 Å². The van der Waals surface area contributed by atoms with E-state index in [1.165, 1.54) is 6.20 Å². The zero-order chi connectivity index (χ0) is 13.8. The fraction of sp³-hybridized carbons (Fsp3) is 0.692. The standard InChI is InChI=1S/C13H22FN5/c1-4-15-13-16-8-11(14)12(18-13)17-10-5-6-19(3)9(2)7-10/h8-10H,4-7H2,1-3H3,(H2,15,16,17,18). The minimum absolute atomic E-state index is 0.269. The van der Waals surface area contributed by atoms with E-state index in [4.69, 9.17) is 0 Å². The van der Waals surface area contributed by atoms with Gasteiger partial charge < -0.3 is 15.5 Å². The lowest BCUT2D eigenvalue weighted by atomic mass is 9.99. The topological polar surface area (TPSA) is 53.1 Å². The maximum absolute atomic E-state index is 13.7. The molecule has 2 N–H and O–H groups in total. The van der Waals surface area contributed by atoms with Crippen LogP contribution in [0.2, 0.25) is 0 Å². The van der Waals surface area contributed by atoms with Gasteiger partial charge >= 0.3 is 0 Å². The third kappa shape index (κ3) is 3.53. The van der Waals surface area contributed by atoms with Crippen molar-refractivity contribution in [1.29, 1.82) is 0 Å². The Kier molecular flexibility index (Phi) is 4.52. The Bertz CT molecular complexity index is 425. The van der Waals surface area contributed by atoms with Crippen molar-refractivity contribution in [2.45, 2.75) is 38.8 Å². The lowest BCUT2D eigenvalue weighted by Gasteiger charge is -2.35. The van der Waals surface area contributed by atoms with Crippen LogP contribution in [0.5, 0.6) is 0 Å². The Hall–Kier alpha value is -1.43. The monoisotopic (exact) mass is 267 g/mol. The molecule has 19 heavy (non-hydrogen) atoms. The van der Waals surface area contributed by atoms with Gasteiger partial charge in [-0.05, 0) is 33.7 Å². The fourth-order valence-corrected chi connectivity index (χ4v) is 2.33. The number of hydrogen-bond donors (Lipinski definition) is 2. The largest absolute Gasteiger partial charge is 0.365 e. The second-order valence-electron chi connectivity index (χ2n) is 5.12. The molecule has 1 aromatic heterocycles. The number of nitrogens with one attached hydrogen (secondary N) is 2. The summed E-state index contributed by atoms with van der Waals surface area (Å²) in [6.45, 7) is 5.88. The molecule has 0 bridgehead atoms. The molecule has 1 aliphatic heterocycles. The molecular formula is C13H22FN5. The van der Waals surface area contributed by atoms with Crippen molar-refractivity contribution in [2.75, 3.05) is 30.8 Å². The first kappa shape index (κ1) is 14.0. The summed E-state index contributed by atoms with van der Waals surface area (Å²) >= 11 is 0. The predicted octanol–water partition coefficient (Wildman–Crippen LogP) is 1.94. The Morgan fingerprint density at radius 3 is 3.00 bits per heavy atom. The molecule has 2 unspecified atom stereocenters. The van der Waals surface area contributed by atoms with Gasteiger partial charge in [0.2, 0.25) is 5.95 Å². The highest BCUT2D eigenvalue weighted by Gasteiger charge is 2.23. The van der Waals surface area contributed by atoms with Gasteiger partial charge in [-0.2, -0.15) is 4.98 Å². The maximum atomic E-state index is 13.7. The molecule has 106 valence electrons. The highest BCUT2D eigenvalue weighted by Crippen LogP contribution is 2.20. The van der Waals surface area contributed by atoms with Crippen molar-refractivity contribution >= 4 is 11.8 Å². The summed E-state index contributed by atoms with van der Waals surface area (Å²) in [6, 6.07) is 0.773. The number of halogens is 1. The third-order valence-electron chi connectivity index (χ3n) is 3.63. The summed E-state index contributed by atoms with van der Waals surface area (Å²) in [5.74, 6) is 0.369. The Balaban J connectivity index is 2.04. The maximum Gasteiger partial charge on any atom is 0.224 e. The summed E-state index contributed by atoms with van der Waals surface area (Å²) in [4.78, 5) is 10.4. The van der Waals surface area contributed by atoms with Crippen LogP contribution in [-0.2, 0) is 0 Å². The van der Waals surface area contributed by atoms with Gasteiger partial charge in [-0.3, -0.25) is 0 Å². The number of piperidine rings is 1.